The second-order valence-electron chi connectivity index (χ2n) is 4.66. The molecule has 0 bridgehead atoms. The lowest BCUT2D eigenvalue weighted by Gasteiger charge is -1.99. The molecule has 0 aliphatic rings. The number of aromatic amines is 1. The number of nitrogens with zero attached hydrogens (tertiary/aromatic N) is 3. The number of amides is 1. The van der Waals surface area contributed by atoms with Crippen LogP contribution in [0.5, 0.6) is 0 Å². The van der Waals surface area contributed by atoms with E-state index in [4.69, 9.17) is 16.1 Å². The van der Waals surface area contributed by atoms with E-state index in [2.05, 4.69) is 25.7 Å². The van der Waals surface area contributed by atoms with Crippen LogP contribution in [-0.2, 0) is 11.2 Å². The minimum absolute atomic E-state index is 0.0517. The van der Waals surface area contributed by atoms with Gasteiger partial charge in [0.05, 0.1) is 17.0 Å². The molecule has 114 valence electrons. The van der Waals surface area contributed by atoms with Gasteiger partial charge in [-0.3, -0.25) is 15.2 Å². The topological polar surface area (TPSA) is 96.7 Å². The van der Waals surface area contributed by atoms with Crippen LogP contribution in [0, 0.1) is 13.8 Å². The molecule has 3 aromatic heterocycles. The third kappa shape index (κ3) is 3.02. The summed E-state index contributed by atoms with van der Waals surface area (Å²) in [5, 5.41) is 13.2. The van der Waals surface area contributed by atoms with Gasteiger partial charge in [-0.25, -0.2) is 0 Å². The van der Waals surface area contributed by atoms with Gasteiger partial charge in [-0.05, 0) is 37.6 Å². The van der Waals surface area contributed by atoms with E-state index in [1.807, 2.05) is 19.1 Å². The van der Waals surface area contributed by atoms with E-state index < -0.39 is 0 Å². The third-order valence-corrected chi connectivity index (χ3v) is 4.29. The van der Waals surface area contributed by atoms with Crippen molar-refractivity contribution in [1.82, 2.24) is 20.3 Å². The zero-order chi connectivity index (χ0) is 15.7. The van der Waals surface area contributed by atoms with Gasteiger partial charge in [0.1, 0.15) is 0 Å². The smallest absolute Gasteiger partial charge is 0.249 e. The Bertz CT molecular complexity index is 803. The Morgan fingerprint density at radius 2 is 2.27 bits per heavy atom. The first-order valence-corrected chi connectivity index (χ1v) is 7.62. The summed E-state index contributed by atoms with van der Waals surface area (Å²) in [5.41, 5.74) is 1.15. The molecule has 9 heteroatoms. The minimum atomic E-state index is -0.291. The van der Waals surface area contributed by atoms with Gasteiger partial charge in [0.15, 0.2) is 5.82 Å². The zero-order valence-electron chi connectivity index (χ0n) is 11.8. The molecule has 0 aliphatic heterocycles. The number of aryl methyl sites for hydroxylation is 2. The maximum absolute atomic E-state index is 12.0. The Morgan fingerprint density at radius 3 is 2.91 bits per heavy atom. The van der Waals surface area contributed by atoms with Crippen LogP contribution in [0.4, 0.5) is 5.95 Å². The van der Waals surface area contributed by atoms with Crippen molar-refractivity contribution in [3.8, 4) is 10.7 Å². The van der Waals surface area contributed by atoms with E-state index >= 15 is 0 Å². The standard InChI is InChI=1S/C13H12ClN5O2S/c1-6-3-4-9(22-6)12-16-13(18-17-12)15-10(20)5-8-7(2)19-21-11(8)14/h3-4H,5H2,1-2H3,(H2,15,16,17,18,20). The summed E-state index contributed by atoms with van der Waals surface area (Å²) < 4.78 is 4.81. The number of nitrogens with one attached hydrogen (secondary N) is 2. The lowest BCUT2D eigenvalue weighted by Crippen LogP contribution is -2.15. The summed E-state index contributed by atoms with van der Waals surface area (Å²) in [6.07, 6.45) is 0.0517. The predicted octanol–water partition coefficient (Wildman–Crippen LogP) is 2.97. The van der Waals surface area contributed by atoms with Gasteiger partial charge in [0.2, 0.25) is 17.1 Å². The number of carbonyl (C=O) groups excluding carboxylic acids is 1. The number of hydrogen-bond acceptors (Lipinski definition) is 6. The first-order chi connectivity index (χ1) is 10.5. The predicted molar refractivity (Wildman–Crippen MR) is 83.0 cm³/mol. The highest BCUT2D eigenvalue weighted by atomic mass is 35.5. The van der Waals surface area contributed by atoms with Crippen molar-refractivity contribution in [1.29, 1.82) is 0 Å². The highest BCUT2D eigenvalue weighted by Crippen LogP contribution is 2.25. The molecule has 0 aliphatic carbocycles. The molecule has 0 spiro atoms. The van der Waals surface area contributed by atoms with Crippen molar-refractivity contribution in [2.45, 2.75) is 20.3 Å². The van der Waals surface area contributed by atoms with Crippen LogP contribution >= 0.6 is 22.9 Å². The maximum atomic E-state index is 12.0. The molecule has 2 N–H and O–H groups in total. The van der Waals surface area contributed by atoms with Crippen molar-refractivity contribution >= 4 is 34.8 Å². The van der Waals surface area contributed by atoms with Gasteiger partial charge < -0.3 is 4.52 Å². The summed E-state index contributed by atoms with van der Waals surface area (Å²) in [7, 11) is 0. The van der Waals surface area contributed by atoms with E-state index in [1.165, 1.54) is 4.88 Å². The fourth-order valence-corrected chi connectivity index (χ4v) is 2.92. The van der Waals surface area contributed by atoms with Crippen molar-refractivity contribution < 1.29 is 9.32 Å². The van der Waals surface area contributed by atoms with Crippen LogP contribution in [0.2, 0.25) is 5.22 Å². The van der Waals surface area contributed by atoms with Crippen molar-refractivity contribution in [2.24, 2.45) is 0 Å². The van der Waals surface area contributed by atoms with Crippen LogP contribution in [0.1, 0.15) is 16.1 Å². The van der Waals surface area contributed by atoms with Gasteiger partial charge >= 0.3 is 0 Å². The van der Waals surface area contributed by atoms with Gasteiger partial charge in [-0.15, -0.1) is 16.4 Å². The van der Waals surface area contributed by atoms with Crippen molar-refractivity contribution in [3.63, 3.8) is 0 Å². The van der Waals surface area contributed by atoms with Crippen LogP contribution < -0.4 is 5.32 Å². The summed E-state index contributed by atoms with van der Waals surface area (Å²) in [5.74, 6) is 0.546. The number of thiophene rings is 1. The summed E-state index contributed by atoms with van der Waals surface area (Å²) in [6, 6.07) is 3.95. The Hall–Kier alpha value is -2.19. The van der Waals surface area contributed by atoms with Gasteiger partial charge in [0, 0.05) is 10.4 Å². The highest BCUT2D eigenvalue weighted by molar-refractivity contribution is 7.15. The number of rotatable bonds is 4. The van der Waals surface area contributed by atoms with Gasteiger partial charge in [-0.2, -0.15) is 4.98 Å². The van der Waals surface area contributed by atoms with Crippen LogP contribution in [-0.4, -0.2) is 26.2 Å². The number of anilines is 1. The van der Waals surface area contributed by atoms with Crippen LogP contribution in [0.15, 0.2) is 16.7 Å². The first kappa shape index (κ1) is 14.7. The monoisotopic (exact) mass is 337 g/mol. The number of aromatic nitrogens is 4. The largest absolute Gasteiger partial charge is 0.344 e. The fourth-order valence-electron chi connectivity index (χ4n) is 1.88. The maximum Gasteiger partial charge on any atom is 0.249 e. The second-order valence-corrected chi connectivity index (χ2v) is 6.29. The van der Waals surface area contributed by atoms with Crippen LogP contribution in [0.3, 0.4) is 0 Å². The lowest BCUT2D eigenvalue weighted by atomic mass is 10.2. The van der Waals surface area contributed by atoms with E-state index in [1.54, 1.807) is 18.3 Å². The Morgan fingerprint density at radius 1 is 1.45 bits per heavy atom. The molecule has 3 aromatic rings. The van der Waals surface area contributed by atoms with Gasteiger partial charge in [-0.1, -0.05) is 5.16 Å². The number of halogens is 1. The lowest BCUT2D eigenvalue weighted by molar-refractivity contribution is -0.115. The molecule has 3 heterocycles. The zero-order valence-corrected chi connectivity index (χ0v) is 13.4. The quantitative estimate of drug-likeness (QED) is 0.762. The number of hydrogen-bond donors (Lipinski definition) is 2. The van der Waals surface area contributed by atoms with Crippen LogP contribution in [0.25, 0.3) is 10.7 Å². The van der Waals surface area contributed by atoms with Crippen molar-refractivity contribution in [3.05, 3.63) is 33.5 Å². The molecule has 0 saturated heterocycles. The molecule has 7 nitrogen and oxygen atoms in total. The Kier molecular flexibility index (Phi) is 3.95. The van der Waals surface area contributed by atoms with E-state index in [0.717, 1.165) is 4.88 Å². The summed E-state index contributed by atoms with van der Waals surface area (Å²) in [4.78, 5) is 18.4. The average molecular weight is 338 g/mol. The Balaban J connectivity index is 1.69. The molecule has 0 saturated carbocycles. The van der Waals surface area contributed by atoms with E-state index in [0.29, 0.717) is 17.1 Å². The van der Waals surface area contributed by atoms with Crippen molar-refractivity contribution in [2.75, 3.05) is 5.32 Å². The SMILES string of the molecule is Cc1ccc(-c2nc(NC(=O)Cc3c(C)noc3Cl)n[nH]2)s1. The normalized spacial score (nSPS) is 10.9. The molecule has 1 amide bonds. The molecule has 0 fully saturated rings. The Labute approximate surface area is 134 Å². The first-order valence-electron chi connectivity index (χ1n) is 6.42. The molecule has 0 radical (unpaired) electrons. The molecule has 0 aromatic carbocycles. The molecule has 22 heavy (non-hydrogen) atoms. The van der Waals surface area contributed by atoms with E-state index in [-0.39, 0.29) is 23.5 Å². The summed E-state index contributed by atoms with van der Waals surface area (Å²) in [6.45, 7) is 3.74. The molecule has 0 atom stereocenters. The van der Waals surface area contributed by atoms with E-state index in [9.17, 15) is 4.79 Å². The summed E-state index contributed by atoms with van der Waals surface area (Å²) >= 11 is 7.43. The second kappa shape index (κ2) is 5.90. The highest BCUT2D eigenvalue weighted by Gasteiger charge is 2.16. The fraction of sp³-hybridized carbons (Fsp3) is 0.231. The number of carbonyl (C=O) groups is 1. The third-order valence-electron chi connectivity index (χ3n) is 2.98. The molecular formula is C13H12ClN5O2S. The van der Waals surface area contributed by atoms with Gasteiger partial charge in [0.25, 0.3) is 0 Å². The molecule has 0 unspecified atom stereocenters. The molecule has 3 rings (SSSR count). The number of H-pyrrole nitrogens is 1. The molecular weight excluding hydrogens is 326 g/mol. The average Bonchev–Trinajstić information content (AvgIpc) is 3.16. The minimum Gasteiger partial charge on any atom is -0.344 e.